The summed E-state index contributed by atoms with van der Waals surface area (Å²) < 4.78 is 0.253. The molecule has 1 rings (SSSR count). The Morgan fingerprint density at radius 3 is 2.42 bits per heavy atom. The van der Waals surface area contributed by atoms with E-state index in [0.29, 0.717) is 10.0 Å². The number of benzene rings is 1. The molecule has 0 aromatic heterocycles. The van der Waals surface area contributed by atoms with Gasteiger partial charge in [0.15, 0.2) is 0 Å². The minimum Gasteiger partial charge on any atom is -0.0843 e. The summed E-state index contributed by atoms with van der Waals surface area (Å²) in [5.41, 5.74) is 1.08. The zero-order valence-corrected chi connectivity index (χ0v) is 10.7. The van der Waals surface area contributed by atoms with Gasteiger partial charge in [0.2, 0.25) is 0 Å². The summed E-state index contributed by atoms with van der Waals surface area (Å²) in [6, 6.07) is 5.52. The second-order valence-corrected chi connectivity index (χ2v) is 6.61. The molecule has 0 heterocycles. The van der Waals surface area contributed by atoms with Gasteiger partial charge in [0.1, 0.15) is 0 Å². The summed E-state index contributed by atoms with van der Waals surface area (Å²) >= 11 is 18.5. The van der Waals surface area contributed by atoms with Gasteiger partial charge in [-0.1, -0.05) is 61.1 Å². The Balaban J connectivity index is 2.86. The molecule has 0 unspecified atom stereocenters. The molecule has 0 spiro atoms. The maximum atomic E-state index is 5.95. The maximum Gasteiger partial charge on any atom is 0.0738 e. The van der Waals surface area contributed by atoms with E-state index in [2.05, 4.69) is 31.9 Å². The number of hydrogen-bond acceptors (Lipinski definition) is 0. The SMILES string of the molecule is Clc1ccc(CC(Br)Br)c(Cl)c1. The Bertz CT molecular complexity index is 274. The fraction of sp³-hybridized carbons (Fsp3) is 0.250. The third-order valence-corrected chi connectivity index (χ3v) is 2.62. The van der Waals surface area contributed by atoms with Crippen LogP contribution in [0.3, 0.4) is 0 Å². The summed E-state index contributed by atoms with van der Waals surface area (Å²) in [5, 5.41) is 1.39. The van der Waals surface area contributed by atoms with E-state index in [-0.39, 0.29) is 3.74 Å². The van der Waals surface area contributed by atoms with E-state index in [9.17, 15) is 0 Å². The highest BCUT2D eigenvalue weighted by molar-refractivity contribution is 9.24. The zero-order valence-electron chi connectivity index (χ0n) is 6.03. The van der Waals surface area contributed by atoms with Crippen molar-refractivity contribution >= 4 is 55.1 Å². The average Bonchev–Trinajstić information content (AvgIpc) is 1.94. The van der Waals surface area contributed by atoms with Crippen molar-refractivity contribution in [3.63, 3.8) is 0 Å². The molecule has 0 nitrogen and oxygen atoms in total. The Morgan fingerprint density at radius 1 is 1.25 bits per heavy atom. The van der Waals surface area contributed by atoms with E-state index < -0.39 is 0 Å². The van der Waals surface area contributed by atoms with Crippen molar-refractivity contribution in [2.75, 3.05) is 0 Å². The Kier molecular flexibility index (Phi) is 4.38. The molecule has 0 aliphatic carbocycles. The Morgan fingerprint density at radius 2 is 1.92 bits per heavy atom. The average molecular weight is 333 g/mol. The molecule has 0 atom stereocenters. The Hall–Kier alpha value is 0.760. The quantitative estimate of drug-likeness (QED) is 0.691. The van der Waals surface area contributed by atoms with Crippen LogP contribution in [0.1, 0.15) is 5.56 Å². The van der Waals surface area contributed by atoms with E-state index in [4.69, 9.17) is 23.2 Å². The molecule has 1 aromatic rings. The molecule has 0 aliphatic heterocycles. The van der Waals surface area contributed by atoms with Crippen LogP contribution in [0.25, 0.3) is 0 Å². The van der Waals surface area contributed by atoms with E-state index in [1.54, 1.807) is 6.07 Å². The van der Waals surface area contributed by atoms with Crippen molar-refractivity contribution in [2.24, 2.45) is 0 Å². The van der Waals surface area contributed by atoms with Crippen LogP contribution in [0, 0.1) is 0 Å². The molecule has 0 fully saturated rings. The topological polar surface area (TPSA) is 0 Å². The summed E-state index contributed by atoms with van der Waals surface area (Å²) in [6.45, 7) is 0. The second-order valence-electron chi connectivity index (χ2n) is 2.33. The Labute approximate surface area is 98.5 Å². The predicted molar refractivity (Wildman–Crippen MR) is 61.8 cm³/mol. The van der Waals surface area contributed by atoms with Crippen molar-refractivity contribution in [3.8, 4) is 0 Å². The summed E-state index contributed by atoms with van der Waals surface area (Å²) in [6.07, 6.45) is 0.843. The molecule has 0 radical (unpaired) electrons. The van der Waals surface area contributed by atoms with Crippen molar-refractivity contribution < 1.29 is 0 Å². The minimum atomic E-state index is 0.253. The van der Waals surface area contributed by atoms with Gasteiger partial charge in [-0.2, -0.15) is 0 Å². The number of hydrogen-bond donors (Lipinski definition) is 0. The normalized spacial score (nSPS) is 10.8. The molecule has 4 heteroatoms. The molecule has 0 N–H and O–H groups in total. The lowest BCUT2D eigenvalue weighted by molar-refractivity contribution is 1.13. The molecule has 0 saturated heterocycles. The first-order valence-corrected chi connectivity index (χ1v) is 5.90. The highest BCUT2D eigenvalue weighted by Crippen LogP contribution is 2.25. The van der Waals surface area contributed by atoms with Gasteiger partial charge in [-0.05, 0) is 24.1 Å². The van der Waals surface area contributed by atoms with Crippen molar-refractivity contribution in [2.45, 2.75) is 10.2 Å². The van der Waals surface area contributed by atoms with Crippen LogP contribution in [0.15, 0.2) is 18.2 Å². The maximum absolute atomic E-state index is 5.95. The van der Waals surface area contributed by atoms with E-state index in [1.165, 1.54) is 0 Å². The van der Waals surface area contributed by atoms with Crippen LogP contribution < -0.4 is 0 Å². The van der Waals surface area contributed by atoms with Crippen LogP contribution in [0.5, 0.6) is 0 Å². The summed E-state index contributed by atoms with van der Waals surface area (Å²) in [4.78, 5) is 0. The van der Waals surface area contributed by atoms with Gasteiger partial charge in [-0.15, -0.1) is 0 Å². The fourth-order valence-corrected chi connectivity index (χ4v) is 2.04. The number of halogens is 4. The molecule has 12 heavy (non-hydrogen) atoms. The monoisotopic (exact) mass is 330 g/mol. The van der Waals surface area contributed by atoms with Gasteiger partial charge >= 0.3 is 0 Å². The number of alkyl halides is 2. The van der Waals surface area contributed by atoms with Gasteiger partial charge in [0.25, 0.3) is 0 Å². The molecular weight excluding hydrogens is 327 g/mol. The molecule has 0 amide bonds. The lowest BCUT2D eigenvalue weighted by Crippen LogP contribution is -1.93. The zero-order chi connectivity index (χ0) is 9.14. The van der Waals surface area contributed by atoms with E-state index in [1.807, 2.05) is 12.1 Å². The molecule has 0 saturated carbocycles. The first kappa shape index (κ1) is 10.8. The molecular formula is C8H6Br2Cl2. The predicted octanol–water partition coefficient (Wildman–Crippen LogP) is 4.65. The third kappa shape index (κ3) is 3.25. The fourth-order valence-electron chi connectivity index (χ4n) is 0.853. The van der Waals surface area contributed by atoms with Crippen LogP contribution in [0.2, 0.25) is 10.0 Å². The lowest BCUT2D eigenvalue weighted by Gasteiger charge is -2.04. The van der Waals surface area contributed by atoms with E-state index >= 15 is 0 Å². The lowest BCUT2D eigenvalue weighted by atomic mass is 10.2. The molecule has 0 aliphatic rings. The molecule has 66 valence electrons. The smallest absolute Gasteiger partial charge is 0.0738 e. The summed E-state index contributed by atoms with van der Waals surface area (Å²) in [5.74, 6) is 0. The summed E-state index contributed by atoms with van der Waals surface area (Å²) in [7, 11) is 0. The van der Waals surface area contributed by atoms with Crippen LogP contribution in [-0.2, 0) is 6.42 Å². The highest BCUT2D eigenvalue weighted by atomic mass is 79.9. The van der Waals surface area contributed by atoms with Crippen LogP contribution in [-0.4, -0.2) is 3.74 Å². The van der Waals surface area contributed by atoms with Crippen LogP contribution >= 0.6 is 55.1 Å². The molecule has 1 aromatic carbocycles. The highest BCUT2D eigenvalue weighted by Gasteiger charge is 2.04. The molecule has 0 bridgehead atoms. The van der Waals surface area contributed by atoms with Gasteiger partial charge in [0.05, 0.1) is 3.74 Å². The third-order valence-electron chi connectivity index (χ3n) is 1.39. The van der Waals surface area contributed by atoms with Crippen molar-refractivity contribution in [1.82, 2.24) is 0 Å². The minimum absolute atomic E-state index is 0.253. The van der Waals surface area contributed by atoms with Crippen molar-refractivity contribution in [3.05, 3.63) is 33.8 Å². The van der Waals surface area contributed by atoms with Crippen LogP contribution in [0.4, 0.5) is 0 Å². The standard InChI is InChI=1S/C8H6Br2Cl2/c9-8(10)3-5-1-2-6(11)4-7(5)12/h1-2,4,8H,3H2. The first-order chi connectivity index (χ1) is 5.59. The van der Waals surface area contributed by atoms with Gasteiger partial charge in [-0.3, -0.25) is 0 Å². The van der Waals surface area contributed by atoms with Gasteiger partial charge in [0, 0.05) is 10.0 Å². The van der Waals surface area contributed by atoms with Gasteiger partial charge < -0.3 is 0 Å². The largest absolute Gasteiger partial charge is 0.0843 e. The first-order valence-electron chi connectivity index (χ1n) is 3.31. The van der Waals surface area contributed by atoms with Crippen molar-refractivity contribution in [1.29, 1.82) is 0 Å². The van der Waals surface area contributed by atoms with Gasteiger partial charge in [-0.25, -0.2) is 0 Å². The van der Waals surface area contributed by atoms with E-state index in [0.717, 1.165) is 12.0 Å². The number of rotatable bonds is 2. The second kappa shape index (κ2) is 4.85.